The van der Waals surface area contributed by atoms with Gasteiger partial charge in [0.05, 0.1) is 5.71 Å². The molecule has 1 saturated carbocycles. The van der Waals surface area contributed by atoms with Crippen LogP contribution in [0.2, 0.25) is 0 Å². The first-order valence-corrected chi connectivity index (χ1v) is 4.87. The number of hydrogen-bond acceptors (Lipinski definition) is 3. The van der Waals surface area contributed by atoms with Gasteiger partial charge in [0, 0.05) is 0 Å². The lowest BCUT2D eigenvalue weighted by atomic mass is 9.82. The Kier molecular flexibility index (Phi) is 3.46. The van der Waals surface area contributed by atoms with Gasteiger partial charge in [-0.3, -0.25) is 0 Å². The monoisotopic (exact) mass is 199 g/mol. The van der Waals surface area contributed by atoms with Crippen LogP contribution in [0.5, 0.6) is 0 Å². The van der Waals surface area contributed by atoms with Gasteiger partial charge in [-0.2, -0.15) is 5.10 Å². The first-order chi connectivity index (χ1) is 6.54. The molecule has 0 saturated heterocycles. The van der Waals surface area contributed by atoms with E-state index in [0.29, 0.717) is 18.6 Å². The number of aliphatic hydroxyl groups is 1. The fraction of sp³-hybridized carbons (Fsp3) is 0.778. The normalized spacial score (nSPS) is 21.7. The van der Waals surface area contributed by atoms with Crippen LogP contribution in [0, 0.1) is 0 Å². The Morgan fingerprint density at radius 1 is 1.43 bits per heavy atom. The van der Waals surface area contributed by atoms with Gasteiger partial charge in [0.1, 0.15) is 5.60 Å². The number of carbonyl (C=O) groups excluding carboxylic acids is 1. The van der Waals surface area contributed by atoms with Crippen LogP contribution in [0.1, 0.15) is 39.0 Å². The number of nitrogens with one attached hydrogen (secondary N) is 1. The van der Waals surface area contributed by atoms with E-state index in [1.54, 1.807) is 6.92 Å². The van der Waals surface area contributed by atoms with Gasteiger partial charge in [-0.25, -0.2) is 10.2 Å². The van der Waals surface area contributed by atoms with Gasteiger partial charge in [-0.1, -0.05) is 19.3 Å². The van der Waals surface area contributed by atoms with Gasteiger partial charge in [0.15, 0.2) is 0 Å². The quantitative estimate of drug-likeness (QED) is 0.452. The fourth-order valence-corrected chi connectivity index (χ4v) is 1.74. The molecule has 0 spiro atoms. The number of hydrazone groups is 1. The summed E-state index contributed by atoms with van der Waals surface area (Å²) in [6.07, 6.45) is 4.57. The molecule has 14 heavy (non-hydrogen) atoms. The highest BCUT2D eigenvalue weighted by molar-refractivity contribution is 5.91. The third kappa shape index (κ3) is 2.70. The van der Waals surface area contributed by atoms with E-state index >= 15 is 0 Å². The standard InChI is InChI=1S/C9H17N3O2/c1-7(11-12-8(10)13)9(14)5-3-2-4-6-9/h14H,2-6H2,1H3,(H3,10,12,13)/b11-7+. The lowest BCUT2D eigenvalue weighted by Crippen LogP contribution is -2.40. The Morgan fingerprint density at radius 3 is 2.50 bits per heavy atom. The number of hydrogen-bond donors (Lipinski definition) is 3. The summed E-state index contributed by atoms with van der Waals surface area (Å²) in [5.74, 6) is 0. The lowest BCUT2D eigenvalue weighted by Gasteiger charge is -2.31. The maximum absolute atomic E-state index is 10.4. The number of primary amides is 1. The van der Waals surface area contributed by atoms with Crippen LogP contribution in [0.15, 0.2) is 5.10 Å². The third-order valence-electron chi connectivity index (χ3n) is 2.69. The van der Waals surface area contributed by atoms with Gasteiger partial charge in [-0.05, 0) is 19.8 Å². The largest absolute Gasteiger partial charge is 0.384 e. The zero-order valence-corrected chi connectivity index (χ0v) is 8.42. The number of urea groups is 1. The highest BCUT2D eigenvalue weighted by Gasteiger charge is 2.32. The Balaban J connectivity index is 2.60. The Labute approximate surface area is 83.4 Å². The molecule has 2 amide bonds. The molecule has 0 aromatic heterocycles. The molecule has 0 bridgehead atoms. The highest BCUT2D eigenvalue weighted by Crippen LogP contribution is 2.29. The summed E-state index contributed by atoms with van der Waals surface area (Å²) in [6.45, 7) is 1.71. The topological polar surface area (TPSA) is 87.7 Å². The van der Waals surface area contributed by atoms with Gasteiger partial charge in [0.2, 0.25) is 0 Å². The van der Waals surface area contributed by atoms with Gasteiger partial charge < -0.3 is 10.8 Å². The second kappa shape index (κ2) is 4.41. The van der Waals surface area contributed by atoms with Crippen LogP contribution in [-0.2, 0) is 0 Å². The molecule has 1 rings (SSSR count). The summed E-state index contributed by atoms with van der Waals surface area (Å²) in [5, 5.41) is 13.9. The molecule has 80 valence electrons. The molecule has 0 heterocycles. The minimum absolute atomic E-state index is 0.538. The maximum atomic E-state index is 10.4. The van der Waals surface area contributed by atoms with Crippen LogP contribution in [0.3, 0.4) is 0 Å². The van der Waals surface area contributed by atoms with Crippen molar-refractivity contribution in [1.29, 1.82) is 0 Å². The number of nitrogens with two attached hydrogens (primary N) is 1. The summed E-state index contributed by atoms with van der Waals surface area (Å²) < 4.78 is 0. The second-order valence-electron chi connectivity index (χ2n) is 3.77. The first-order valence-electron chi connectivity index (χ1n) is 4.87. The Morgan fingerprint density at radius 2 is 2.00 bits per heavy atom. The molecule has 5 nitrogen and oxygen atoms in total. The number of amides is 2. The molecule has 1 fully saturated rings. The van der Waals surface area contributed by atoms with E-state index in [4.69, 9.17) is 5.73 Å². The summed E-state index contributed by atoms with van der Waals surface area (Å²) in [5.41, 5.74) is 6.70. The molecular formula is C9H17N3O2. The summed E-state index contributed by atoms with van der Waals surface area (Å²) in [6, 6.07) is -0.705. The molecule has 0 aliphatic heterocycles. The SMILES string of the molecule is C/C(=N\NC(N)=O)C1(O)CCCCC1. The van der Waals surface area contributed by atoms with Gasteiger partial charge in [-0.15, -0.1) is 0 Å². The molecule has 1 aliphatic rings. The maximum Gasteiger partial charge on any atom is 0.332 e. The Bertz CT molecular complexity index is 244. The summed E-state index contributed by atoms with van der Waals surface area (Å²) in [4.78, 5) is 10.4. The molecule has 4 N–H and O–H groups in total. The van der Waals surface area contributed by atoms with Crippen molar-refractivity contribution in [2.45, 2.75) is 44.6 Å². The van der Waals surface area contributed by atoms with Crippen molar-refractivity contribution in [3.8, 4) is 0 Å². The van der Waals surface area contributed by atoms with Crippen molar-refractivity contribution < 1.29 is 9.90 Å². The molecule has 0 radical (unpaired) electrons. The van der Waals surface area contributed by atoms with E-state index in [2.05, 4.69) is 10.5 Å². The van der Waals surface area contributed by atoms with Crippen LogP contribution >= 0.6 is 0 Å². The molecule has 0 atom stereocenters. The second-order valence-corrected chi connectivity index (χ2v) is 3.77. The zero-order chi connectivity index (χ0) is 10.6. The van der Waals surface area contributed by atoms with E-state index in [0.717, 1.165) is 19.3 Å². The third-order valence-corrected chi connectivity index (χ3v) is 2.69. The van der Waals surface area contributed by atoms with Crippen molar-refractivity contribution in [2.75, 3.05) is 0 Å². The first kappa shape index (κ1) is 11.0. The molecule has 1 aliphatic carbocycles. The Hall–Kier alpha value is -1.10. The van der Waals surface area contributed by atoms with E-state index in [9.17, 15) is 9.90 Å². The van der Waals surface area contributed by atoms with Gasteiger partial charge in [0.25, 0.3) is 0 Å². The smallest absolute Gasteiger partial charge is 0.332 e. The zero-order valence-electron chi connectivity index (χ0n) is 8.42. The fourth-order valence-electron chi connectivity index (χ4n) is 1.74. The van der Waals surface area contributed by atoms with Crippen LogP contribution in [0.25, 0.3) is 0 Å². The van der Waals surface area contributed by atoms with Crippen molar-refractivity contribution >= 4 is 11.7 Å². The van der Waals surface area contributed by atoms with Crippen molar-refractivity contribution in [1.82, 2.24) is 5.43 Å². The highest BCUT2D eigenvalue weighted by atomic mass is 16.3. The molecule has 0 aromatic carbocycles. The van der Waals surface area contributed by atoms with Gasteiger partial charge >= 0.3 is 6.03 Å². The minimum Gasteiger partial charge on any atom is -0.384 e. The van der Waals surface area contributed by atoms with Crippen LogP contribution < -0.4 is 11.2 Å². The van der Waals surface area contributed by atoms with E-state index in [1.165, 1.54) is 0 Å². The van der Waals surface area contributed by atoms with Crippen molar-refractivity contribution in [3.63, 3.8) is 0 Å². The number of rotatable bonds is 2. The lowest BCUT2D eigenvalue weighted by molar-refractivity contribution is 0.0699. The molecule has 5 heteroatoms. The molecule has 0 aromatic rings. The average molecular weight is 199 g/mol. The predicted octanol–water partition coefficient (Wildman–Crippen LogP) is 0.726. The number of nitrogens with zero attached hydrogens (tertiary/aromatic N) is 1. The average Bonchev–Trinajstić information content (AvgIpc) is 2.15. The molecule has 0 unspecified atom stereocenters. The predicted molar refractivity (Wildman–Crippen MR) is 53.9 cm³/mol. The molecular weight excluding hydrogens is 182 g/mol. The van der Waals surface area contributed by atoms with Crippen LogP contribution in [0.4, 0.5) is 4.79 Å². The summed E-state index contributed by atoms with van der Waals surface area (Å²) >= 11 is 0. The van der Waals surface area contributed by atoms with E-state index in [1.807, 2.05) is 0 Å². The van der Waals surface area contributed by atoms with E-state index in [-0.39, 0.29) is 0 Å². The summed E-state index contributed by atoms with van der Waals surface area (Å²) in [7, 11) is 0. The number of carbonyl (C=O) groups is 1. The van der Waals surface area contributed by atoms with Crippen molar-refractivity contribution in [2.24, 2.45) is 10.8 Å². The van der Waals surface area contributed by atoms with E-state index < -0.39 is 11.6 Å². The minimum atomic E-state index is -0.847. The van der Waals surface area contributed by atoms with Crippen molar-refractivity contribution in [3.05, 3.63) is 0 Å². The van der Waals surface area contributed by atoms with Crippen LogP contribution in [-0.4, -0.2) is 22.5 Å².